The van der Waals surface area contributed by atoms with Crippen molar-refractivity contribution >= 4 is 17.7 Å². The first-order valence-electron chi connectivity index (χ1n) is 8.27. The van der Waals surface area contributed by atoms with Crippen molar-refractivity contribution in [3.63, 3.8) is 0 Å². The lowest BCUT2D eigenvalue weighted by atomic mass is 10.2. The van der Waals surface area contributed by atoms with E-state index in [0.717, 1.165) is 30.7 Å². The number of anilines is 1. The van der Waals surface area contributed by atoms with Crippen LogP contribution in [0.1, 0.15) is 19.4 Å². The van der Waals surface area contributed by atoms with Crippen LogP contribution in [0.2, 0.25) is 0 Å². The third-order valence-electron chi connectivity index (χ3n) is 3.85. The molecule has 0 spiro atoms. The second-order valence-corrected chi connectivity index (χ2v) is 7.21. The van der Waals surface area contributed by atoms with Crippen molar-refractivity contribution in [3.8, 4) is 0 Å². The molecule has 7 heteroatoms. The van der Waals surface area contributed by atoms with Crippen LogP contribution in [0.4, 0.5) is 10.3 Å². The Bertz CT molecular complexity index is 670. The Hall–Kier alpha value is -1.60. The van der Waals surface area contributed by atoms with Gasteiger partial charge in [0.05, 0.1) is 13.2 Å². The summed E-state index contributed by atoms with van der Waals surface area (Å²) in [5.74, 6) is 1.75. The molecule has 3 rings (SSSR count). The van der Waals surface area contributed by atoms with Gasteiger partial charge in [-0.25, -0.2) is 4.39 Å². The van der Waals surface area contributed by atoms with Gasteiger partial charge >= 0.3 is 0 Å². The molecule has 0 aliphatic carbocycles. The summed E-state index contributed by atoms with van der Waals surface area (Å²) < 4.78 is 21.4. The summed E-state index contributed by atoms with van der Waals surface area (Å²) in [6, 6.07) is 6.88. The van der Waals surface area contributed by atoms with Crippen molar-refractivity contribution in [2.24, 2.45) is 5.92 Å². The molecular formula is C17H23FN4OS. The number of hydrogen-bond acceptors (Lipinski definition) is 5. The molecule has 1 fully saturated rings. The molecule has 24 heavy (non-hydrogen) atoms. The molecule has 0 atom stereocenters. The van der Waals surface area contributed by atoms with Gasteiger partial charge in [-0.1, -0.05) is 43.8 Å². The van der Waals surface area contributed by atoms with Crippen LogP contribution in [0.3, 0.4) is 0 Å². The highest BCUT2D eigenvalue weighted by Crippen LogP contribution is 2.27. The minimum absolute atomic E-state index is 0.173. The van der Waals surface area contributed by atoms with Gasteiger partial charge in [0.2, 0.25) is 5.95 Å². The molecule has 2 aromatic rings. The maximum absolute atomic E-state index is 13.8. The van der Waals surface area contributed by atoms with Gasteiger partial charge in [-0.05, 0) is 17.5 Å². The molecule has 0 radical (unpaired) electrons. The van der Waals surface area contributed by atoms with Crippen LogP contribution < -0.4 is 4.90 Å². The van der Waals surface area contributed by atoms with Gasteiger partial charge in [0, 0.05) is 25.4 Å². The molecule has 1 saturated heterocycles. The van der Waals surface area contributed by atoms with Crippen molar-refractivity contribution in [1.82, 2.24) is 14.8 Å². The molecule has 1 aromatic heterocycles. The molecule has 1 aliphatic heterocycles. The highest BCUT2D eigenvalue weighted by molar-refractivity contribution is 7.98. The van der Waals surface area contributed by atoms with E-state index in [1.54, 1.807) is 6.07 Å². The zero-order valence-electron chi connectivity index (χ0n) is 14.1. The number of benzene rings is 1. The van der Waals surface area contributed by atoms with Crippen LogP contribution in [0.15, 0.2) is 29.4 Å². The molecule has 5 nitrogen and oxygen atoms in total. The minimum atomic E-state index is -0.173. The minimum Gasteiger partial charge on any atom is -0.378 e. The number of thioether (sulfide) groups is 1. The van der Waals surface area contributed by atoms with Crippen LogP contribution in [-0.2, 0) is 17.0 Å². The fraction of sp³-hybridized carbons (Fsp3) is 0.529. The predicted octanol–water partition coefficient (Wildman–Crippen LogP) is 3.20. The van der Waals surface area contributed by atoms with E-state index in [0.29, 0.717) is 30.4 Å². The quantitative estimate of drug-likeness (QED) is 0.749. The second-order valence-electron chi connectivity index (χ2n) is 6.27. The fourth-order valence-corrected chi connectivity index (χ4v) is 3.60. The smallest absolute Gasteiger partial charge is 0.228 e. The van der Waals surface area contributed by atoms with E-state index < -0.39 is 0 Å². The van der Waals surface area contributed by atoms with E-state index in [4.69, 9.17) is 4.74 Å². The predicted molar refractivity (Wildman–Crippen MR) is 93.9 cm³/mol. The van der Waals surface area contributed by atoms with Crippen molar-refractivity contribution < 1.29 is 9.13 Å². The number of halogens is 1. The van der Waals surface area contributed by atoms with Crippen LogP contribution in [-0.4, -0.2) is 41.1 Å². The van der Waals surface area contributed by atoms with E-state index >= 15 is 0 Å². The van der Waals surface area contributed by atoms with Crippen LogP contribution >= 0.6 is 11.8 Å². The number of aromatic nitrogens is 3. The van der Waals surface area contributed by atoms with E-state index in [1.165, 1.54) is 17.8 Å². The molecule has 0 unspecified atom stereocenters. The number of nitrogens with zero attached hydrogens (tertiary/aromatic N) is 4. The topological polar surface area (TPSA) is 43.2 Å². The van der Waals surface area contributed by atoms with Gasteiger partial charge in [-0.15, -0.1) is 10.2 Å². The largest absolute Gasteiger partial charge is 0.378 e. The molecular weight excluding hydrogens is 327 g/mol. The van der Waals surface area contributed by atoms with Gasteiger partial charge in [-0.2, -0.15) is 0 Å². The molecule has 0 saturated carbocycles. The first-order chi connectivity index (χ1) is 11.6. The molecule has 1 aromatic carbocycles. The van der Waals surface area contributed by atoms with Gasteiger partial charge in [0.15, 0.2) is 5.16 Å². The Kier molecular flexibility index (Phi) is 5.73. The third-order valence-corrected chi connectivity index (χ3v) is 4.87. The summed E-state index contributed by atoms with van der Waals surface area (Å²) in [5.41, 5.74) is 0.689. The molecule has 0 bridgehead atoms. The lowest BCUT2D eigenvalue weighted by Crippen LogP contribution is -2.38. The average Bonchev–Trinajstić information content (AvgIpc) is 2.97. The van der Waals surface area contributed by atoms with Crippen LogP contribution in [0.25, 0.3) is 0 Å². The van der Waals surface area contributed by atoms with E-state index in [1.807, 2.05) is 12.1 Å². The van der Waals surface area contributed by atoms with Crippen molar-refractivity contribution in [3.05, 3.63) is 35.6 Å². The van der Waals surface area contributed by atoms with E-state index in [2.05, 4.69) is 33.5 Å². The number of rotatable bonds is 6. The second kappa shape index (κ2) is 7.98. The first-order valence-corrected chi connectivity index (χ1v) is 9.26. The van der Waals surface area contributed by atoms with Crippen LogP contribution in [0, 0.1) is 11.7 Å². The molecule has 2 heterocycles. The maximum atomic E-state index is 13.8. The Labute approximate surface area is 146 Å². The summed E-state index contributed by atoms with van der Waals surface area (Å²) in [6.07, 6.45) is 0. The third kappa shape index (κ3) is 4.08. The highest BCUT2D eigenvalue weighted by Gasteiger charge is 2.21. The molecule has 1 aliphatic rings. The number of hydrogen-bond donors (Lipinski definition) is 0. The summed E-state index contributed by atoms with van der Waals surface area (Å²) in [6.45, 7) is 8.28. The van der Waals surface area contributed by atoms with Gasteiger partial charge < -0.3 is 9.64 Å². The number of ether oxygens (including phenoxy) is 1. The summed E-state index contributed by atoms with van der Waals surface area (Å²) in [5, 5.41) is 9.60. The van der Waals surface area contributed by atoms with Crippen LogP contribution in [0.5, 0.6) is 0 Å². The maximum Gasteiger partial charge on any atom is 0.228 e. The van der Waals surface area contributed by atoms with Gasteiger partial charge in [0.25, 0.3) is 0 Å². The Morgan fingerprint density at radius 1 is 1.21 bits per heavy atom. The molecule has 130 valence electrons. The standard InChI is InChI=1S/C17H23FN4OS/c1-13(2)11-22-16(21-7-9-23-10-8-21)19-20-17(22)24-12-14-5-3-4-6-15(14)18/h3-6,13H,7-12H2,1-2H3. The normalized spacial score (nSPS) is 15.2. The average molecular weight is 350 g/mol. The monoisotopic (exact) mass is 350 g/mol. The van der Waals surface area contributed by atoms with Crippen molar-refractivity contribution in [1.29, 1.82) is 0 Å². The van der Waals surface area contributed by atoms with Gasteiger partial charge in [0.1, 0.15) is 5.82 Å². The molecule has 0 N–H and O–H groups in total. The SMILES string of the molecule is CC(C)Cn1c(SCc2ccccc2F)nnc1N1CCOCC1. The molecule has 0 amide bonds. The van der Waals surface area contributed by atoms with Gasteiger partial charge in [-0.3, -0.25) is 4.57 Å². The Morgan fingerprint density at radius 3 is 2.67 bits per heavy atom. The van der Waals surface area contributed by atoms with Crippen molar-refractivity contribution in [2.75, 3.05) is 31.2 Å². The van der Waals surface area contributed by atoms with Crippen molar-refractivity contribution in [2.45, 2.75) is 31.3 Å². The lowest BCUT2D eigenvalue weighted by molar-refractivity contribution is 0.121. The van der Waals surface area contributed by atoms with E-state index in [-0.39, 0.29) is 5.82 Å². The van der Waals surface area contributed by atoms with E-state index in [9.17, 15) is 4.39 Å². The summed E-state index contributed by atoms with van der Waals surface area (Å²) in [4.78, 5) is 2.21. The number of morpholine rings is 1. The Balaban J connectivity index is 1.79. The summed E-state index contributed by atoms with van der Waals surface area (Å²) in [7, 11) is 0. The lowest BCUT2D eigenvalue weighted by Gasteiger charge is -2.28. The zero-order valence-corrected chi connectivity index (χ0v) is 14.9. The first kappa shape index (κ1) is 17.2. The summed E-state index contributed by atoms with van der Waals surface area (Å²) >= 11 is 1.53. The zero-order chi connectivity index (χ0) is 16.9. The highest BCUT2D eigenvalue weighted by atomic mass is 32.2. The fourth-order valence-electron chi connectivity index (χ4n) is 2.67. The Morgan fingerprint density at radius 2 is 1.96 bits per heavy atom.